The molecular formula is C19H19N5OS2. The molecule has 0 spiro atoms. The first-order valence-corrected chi connectivity index (χ1v) is 10.4. The van der Waals surface area contributed by atoms with Gasteiger partial charge in [-0.3, -0.25) is 9.36 Å². The molecule has 0 bridgehead atoms. The van der Waals surface area contributed by atoms with E-state index in [0.29, 0.717) is 16.6 Å². The Labute approximate surface area is 164 Å². The third-order valence-electron chi connectivity index (χ3n) is 4.17. The zero-order valence-electron chi connectivity index (χ0n) is 15.3. The molecule has 138 valence electrons. The Bertz CT molecular complexity index is 1160. The van der Waals surface area contributed by atoms with Gasteiger partial charge in [-0.05, 0) is 24.5 Å². The molecule has 0 N–H and O–H groups in total. The molecule has 8 heteroatoms. The number of fused-ring (bicyclic) bond motifs is 1. The minimum absolute atomic E-state index is 0.145. The second-order valence-corrected chi connectivity index (χ2v) is 8.59. The van der Waals surface area contributed by atoms with Crippen molar-refractivity contribution in [2.24, 2.45) is 0 Å². The van der Waals surface area contributed by atoms with Crippen molar-refractivity contribution < 1.29 is 0 Å². The fraction of sp³-hybridized carbons (Fsp3) is 0.263. The normalized spacial score (nSPS) is 11.6. The monoisotopic (exact) mass is 397 g/mol. The molecule has 0 atom stereocenters. The highest BCUT2D eigenvalue weighted by Crippen LogP contribution is 2.28. The molecule has 0 radical (unpaired) electrons. The summed E-state index contributed by atoms with van der Waals surface area (Å²) in [6.45, 7) is 6.24. The molecule has 0 aliphatic heterocycles. The average Bonchev–Trinajstić information content (AvgIpc) is 3.26. The molecule has 0 aliphatic carbocycles. The molecule has 6 nitrogen and oxygen atoms in total. The van der Waals surface area contributed by atoms with Gasteiger partial charge < -0.3 is 0 Å². The molecule has 1 aromatic carbocycles. The Balaban J connectivity index is 1.63. The predicted octanol–water partition coefficient (Wildman–Crippen LogP) is 4.06. The van der Waals surface area contributed by atoms with Gasteiger partial charge in [0.1, 0.15) is 5.01 Å². The fourth-order valence-corrected chi connectivity index (χ4v) is 4.56. The van der Waals surface area contributed by atoms with Gasteiger partial charge in [-0.25, -0.2) is 9.97 Å². The molecule has 3 aromatic heterocycles. The highest BCUT2D eigenvalue weighted by Gasteiger charge is 2.13. The van der Waals surface area contributed by atoms with Crippen LogP contribution in [0.15, 0.2) is 52.7 Å². The van der Waals surface area contributed by atoms with Crippen molar-refractivity contribution in [1.29, 1.82) is 0 Å². The lowest BCUT2D eigenvalue weighted by Gasteiger charge is -2.15. The molecule has 0 saturated heterocycles. The molecule has 27 heavy (non-hydrogen) atoms. The highest BCUT2D eigenvalue weighted by molar-refractivity contribution is 7.98. The van der Waals surface area contributed by atoms with Gasteiger partial charge in [0.2, 0.25) is 4.96 Å². The molecule has 0 saturated carbocycles. The van der Waals surface area contributed by atoms with Crippen molar-refractivity contribution in [2.45, 2.75) is 37.6 Å². The molecule has 0 aliphatic rings. The quantitative estimate of drug-likeness (QED) is 0.475. The predicted molar refractivity (Wildman–Crippen MR) is 109 cm³/mol. The molecule has 0 fully saturated rings. The van der Waals surface area contributed by atoms with Gasteiger partial charge in [-0.2, -0.15) is 9.61 Å². The van der Waals surface area contributed by atoms with Crippen LogP contribution in [-0.4, -0.2) is 24.1 Å². The topological polar surface area (TPSA) is 65.1 Å². The third-order valence-corrected chi connectivity index (χ3v) is 6.00. The van der Waals surface area contributed by atoms with Gasteiger partial charge in [0, 0.05) is 24.2 Å². The number of hydrogen-bond acceptors (Lipinski definition) is 6. The van der Waals surface area contributed by atoms with E-state index in [1.807, 2.05) is 19.2 Å². The number of hydrogen-bond donors (Lipinski definition) is 0. The van der Waals surface area contributed by atoms with E-state index in [1.165, 1.54) is 21.4 Å². The Kier molecular flexibility index (Phi) is 4.84. The molecule has 0 amide bonds. The number of aromatic nitrogens is 5. The fourth-order valence-electron chi connectivity index (χ4n) is 2.94. The summed E-state index contributed by atoms with van der Waals surface area (Å²) in [5.74, 6) is 0.990. The Hall–Kier alpha value is -2.45. The van der Waals surface area contributed by atoms with E-state index >= 15 is 0 Å². The Morgan fingerprint density at radius 3 is 2.89 bits per heavy atom. The van der Waals surface area contributed by atoms with Crippen molar-refractivity contribution in [3.8, 4) is 5.69 Å². The number of nitrogens with zero attached hydrogens (tertiary/aromatic N) is 5. The van der Waals surface area contributed by atoms with Crippen LogP contribution < -0.4 is 5.56 Å². The van der Waals surface area contributed by atoms with E-state index in [4.69, 9.17) is 0 Å². The first-order chi connectivity index (χ1) is 13.0. The number of aryl methyl sites for hydroxylation is 1. The average molecular weight is 398 g/mol. The first-order valence-electron chi connectivity index (χ1n) is 8.65. The van der Waals surface area contributed by atoms with Gasteiger partial charge in [-0.15, -0.1) is 0 Å². The van der Waals surface area contributed by atoms with Crippen LogP contribution in [0.5, 0.6) is 0 Å². The van der Waals surface area contributed by atoms with Crippen molar-refractivity contribution in [2.75, 3.05) is 0 Å². The maximum absolute atomic E-state index is 12.2. The third kappa shape index (κ3) is 3.54. The maximum Gasteiger partial charge on any atom is 0.275 e. The van der Waals surface area contributed by atoms with Crippen LogP contribution in [0.3, 0.4) is 0 Å². The minimum Gasteiger partial charge on any atom is -0.295 e. The number of imidazole rings is 1. The summed E-state index contributed by atoms with van der Waals surface area (Å²) >= 11 is 2.99. The molecule has 4 aromatic rings. The Morgan fingerprint density at radius 2 is 2.07 bits per heavy atom. The lowest BCUT2D eigenvalue weighted by molar-refractivity contribution is 0.817. The van der Waals surface area contributed by atoms with Crippen LogP contribution in [0.2, 0.25) is 0 Å². The molecular weight excluding hydrogens is 378 g/mol. The van der Waals surface area contributed by atoms with Crippen LogP contribution in [0.25, 0.3) is 10.6 Å². The van der Waals surface area contributed by atoms with E-state index in [1.54, 1.807) is 24.0 Å². The van der Waals surface area contributed by atoms with Crippen molar-refractivity contribution in [1.82, 2.24) is 24.1 Å². The van der Waals surface area contributed by atoms with E-state index in [9.17, 15) is 4.79 Å². The van der Waals surface area contributed by atoms with Crippen molar-refractivity contribution in [3.05, 3.63) is 69.3 Å². The first kappa shape index (κ1) is 17.9. The van der Waals surface area contributed by atoms with Crippen LogP contribution in [0, 0.1) is 6.92 Å². The highest BCUT2D eigenvalue weighted by atomic mass is 32.2. The van der Waals surface area contributed by atoms with Gasteiger partial charge in [0.25, 0.3) is 5.56 Å². The van der Waals surface area contributed by atoms with E-state index < -0.39 is 0 Å². The van der Waals surface area contributed by atoms with Gasteiger partial charge in [0.05, 0.1) is 11.4 Å². The van der Waals surface area contributed by atoms with Crippen LogP contribution in [0.4, 0.5) is 0 Å². The zero-order chi connectivity index (χ0) is 19.0. The smallest absolute Gasteiger partial charge is 0.275 e. The summed E-state index contributed by atoms with van der Waals surface area (Å²) in [7, 11) is 0. The number of benzene rings is 1. The summed E-state index contributed by atoms with van der Waals surface area (Å²) in [6.07, 6.45) is 3.78. The van der Waals surface area contributed by atoms with E-state index in [-0.39, 0.29) is 5.56 Å². The van der Waals surface area contributed by atoms with Crippen LogP contribution in [-0.2, 0) is 5.75 Å². The zero-order valence-corrected chi connectivity index (χ0v) is 16.9. The van der Waals surface area contributed by atoms with Crippen molar-refractivity contribution in [3.63, 3.8) is 0 Å². The maximum atomic E-state index is 12.2. The largest absolute Gasteiger partial charge is 0.295 e. The molecule has 4 rings (SSSR count). The summed E-state index contributed by atoms with van der Waals surface area (Å²) in [5, 5.41) is 5.89. The van der Waals surface area contributed by atoms with Gasteiger partial charge >= 0.3 is 0 Å². The standard InChI is InChI=1S/C19H19N5OS2/c1-12(2)15-6-4-5-7-16(15)23-9-8-20-18(23)26-11-14-10-17(25)24-19(21-14)27-13(3)22-24/h4-10,12H,11H2,1-3H3. The number of thioether (sulfide) groups is 1. The van der Waals surface area contributed by atoms with E-state index in [2.05, 4.69) is 51.7 Å². The van der Waals surface area contributed by atoms with E-state index in [0.717, 1.165) is 21.5 Å². The number of rotatable bonds is 5. The molecule has 3 heterocycles. The lowest BCUT2D eigenvalue weighted by Crippen LogP contribution is -2.15. The number of para-hydroxylation sites is 1. The Morgan fingerprint density at radius 1 is 1.26 bits per heavy atom. The second-order valence-electron chi connectivity index (χ2n) is 6.48. The van der Waals surface area contributed by atoms with Crippen LogP contribution >= 0.6 is 23.1 Å². The van der Waals surface area contributed by atoms with Crippen molar-refractivity contribution >= 4 is 28.1 Å². The summed E-state index contributed by atoms with van der Waals surface area (Å²) in [6, 6.07) is 9.91. The molecule has 0 unspecified atom stereocenters. The lowest BCUT2D eigenvalue weighted by atomic mass is 10.0. The second kappa shape index (κ2) is 7.28. The summed E-state index contributed by atoms with van der Waals surface area (Å²) in [4.78, 5) is 21.9. The van der Waals surface area contributed by atoms with Crippen LogP contribution in [0.1, 0.15) is 36.0 Å². The van der Waals surface area contributed by atoms with Gasteiger partial charge in [0.15, 0.2) is 5.16 Å². The summed E-state index contributed by atoms with van der Waals surface area (Å²) in [5.41, 5.74) is 3.00. The SMILES string of the molecule is Cc1nn2c(=O)cc(CSc3nccn3-c3ccccc3C(C)C)nc2s1. The summed E-state index contributed by atoms with van der Waals surface area (Å²) < 4.78 is 3.45. The minimum atomic E-state index is -0.145. The van der Waals surface area contributed by atoms with Gasteiger partial charge in [-0.1, -0.05) is 55.1 Å².